The summed E-state index contributed by atoms with van der Waals surface area (Å²) in [6.07, 6.45) is 15.0. The molecule has 0 aromatic carbocycles. The maximum absolute atomic E-state index is 12.8. The quantitative estimate of drug-likeness (QED) is 0.239. The Morgan fingerprint density at radius 2 is 1.30 bits per heavy atom. The highest BCUT2D eigenvalue weighted by Crippen LogP contribution is 2.36. The minimum absolute atomic E-state index is 0.0180. The van der Waals surface area contributed by atoms with E-state index in [1.807, 2.05) is 12.2 Å². The number of carboxylic acids is 1. The van der Waals surface area contributed by atoms with Crippen molar-refractivity contribution < 1.29 is 24.2 Å². The first-order valence-corrected chi connectivity index (χ1v) is 13.0. The lowest BCUT2D eigenvalue weighted by Gasteiger charge is -2.22. The molecule has 5 nitrogen and oxygen atoms in total. The molecule has 4 atom stereocenters. The van der Waals surface area contributed by atoms with E-state index in [9.17, 15) is 19.5 Å². The molecule has 2 rings (SSSR count). The molecule has 33 heavy (non-hydrogen) atoms. The molecule has 5 heteroatoms. The largest absolute Gasteiger partial charge is 0.481 e. The molecule has 2 fully saturated rings. The number of carbonyl (C=O) groups is 3. The van der Waals surface area contributed by atoms with Gasteiger partial charge in [0.1, 0.15) is 11.6 Å². The third-order valence-corrected chi connectivity index (χ3v) is 8.08. The summed E-state index contributed by atoms with van der Waals surface area (Å²) in [5, 5.41) is 9.21. The van der Waals surface area contributed by atoms with Gasteiger partial charge in [0.25, 0.3) is 0 Å². The van der Waals surface area contributed by atoms with Crippen LogP contribution in [0.2, 0.25) is 0 Å². The molecule has 0 amide bonds. The molecular formula is C28H46O5. The lowest BCUT2D eigenvalue weighted by Crippen LogP contribution is -2.23. The van der Waals surface area contributed by atoms with Gasteiger partial charge in [0.2, 0.25) is 0 Å². The van der Waals surface area contributed by atoms with Crippen molar-refractivity contribution in [3.63, 3.8) is 0 Å². The molecule has 0 bridgehead atoms. The SMILES string of the molecule is COC(C)(C)CCCCC1CCC(/C=C\C2CCC(CCCCC(C)(C)C(=O)O)C2=O)C1=O. The Balaban J connectivity index is 1.70. The summed E-state index contributed by atoms with van der Waals surface area (Å²) in [5.74, 6) is 0.114. The van der Waals surface area contributed by atoms with Crippen LogP contribution >= 0.6 is 0 Å². The Morgan fingerprint density at radius 1 is 0.848 bits per heavy atom. The summed E-state index contributed by atoms with van der Waals surface area (Å²) < 4.78 is 5.47. The molecular weight excluding hydrogens is 416 g/mol. The summed E-state index contributed by atoms with van der Waals surface area (Å²) in [4.78, 5) is 36.8. The number of ether oxygens (including phenoxy) is 1. The number of ketones is 2. The van der Waals surface area contributed by atoms with Gasteiger partial charge >= 0.3 is 5.97 Å². The average molecular weight is 463 g/mol. The smallest absolute Gasteiger partial charge is 0.309 e. The molecule has 2 aliphatic carbocycles. The number of aliphatic carboxylic acids is 1. The van der Waals surface area contributed by atoms with Crippen LogP contribution < -0.4 is 0 Å². The van der Waals surface area contributed by atoms with Crippen LogP contribution in [0, 0.1) is 29.1 Å². The summed E-state index contributed by atoms with van der Waals surface area (Å²) in [6, 6.07) is 0. The van der Waals surface area contributed by atoms with E-state index in [2.05, 4.69) is 13.8 Å². The first-order chi connectivity index (χ1) is 15.5. The monoisotopic (exact) mass is 462 g/mol. The van der Waals surface area contributed by atoms with Gasteiger partial charge in [-0.1, -0.05) is 37.8 Å². The minimum atomic E-state index is -0.761. The lowest BCUT2D eigenvalue weighted by molar-refractivity contribution is -0.147. The van der Waals surface area contributed by atoms with Crippen molar-refractivity contribution in [2.45, 2.75) is 110 Å². The molecule has 0 radical (unpaired) electrons. The molecule has 0 aromatic rings. The Bertz CT molecular complexity index is 705. The number of hydrogen-bond acceptors (Lipinski definition) is 4. The van der Waals surface area contributed by atoms with Crippen molar-refractivity contribution in [2.75, 3.05) is 7.11 Å². The number of unbranched alkanes of at least 4 members (excludes halogenated alkanes) is 2. The van der Waals surface area contributed by atoms with Gasteiger partial charge in [0.15, 0.2) is 0 Å². The van der Waals surface area contributed by atoms with Crippen LogP contribution in [0.15, 0.2) is 12.2 Å². The average Bonchev–Trinajstić information content (AvgIpc) is 3.29. The number of carboxylic acid groups (broad SMARTS) is 1. The highest BCUT2D eigenvalue weighted by Gasteiger charge is 2.35. The van der Waals surface area contributed by atoms with Crippen molar-refractivity contribution in [1.29, 1.82) is 0 Å². The fourth-order valence-corrected chi connectivity index (χ4v) is 5.27. The normalized spacial score (nSPS) is 26.6. The van der Waals surface area contributed by atoms with Gasteiger partial charge in [0.05, 0.1) is 11.0 Å². The predicted octanol–water partition coefficient (Wildman–Crippen LogP) is 6.39. The molecule has 2 aliphatic rings. The van der Waals surface area contributed by atoms with Crippen LogP contribution in [0.3, 0.4) is 0 Å². The van der Waals surface area contributed by atoms with E-state index in [1.165, 1.54) is 0 Å². The van der Waals surface area contributed by atoms with Crippen molar-refractivity contribution in [3.8, 4) is 0 Å². The summed E-state index contributed by atoms with van der Waals surface area (Å²) in [6.45, 7) is 7.72. The summed E-state index contributed by atoms with van der Waals surface area (Å²) >= 11 is 0. The molecule has 188 valence electrons. The zero-order valence-electron chi connectivity index (χ0n) is 21.5. The molecule has 0 aliphatic heterocycles. The summed E-state index contributed by atoms with van der Waals surface area (Å²) in [5.41, 5.74) is -0.789. The van der Waals surface area contributed by atoms with Crippen LogP contribution in [0.5, 0.6) is 0 Å². The van der Waals surface area contributed by atoms with Crippen LogP contribution in [-0.2, 0) is 19.1 Å². The van der Waals surface area contributed by atoms with E-state index in [0.717, 1.165) is 70.6 Å². The number of carbonyl (C=O) groups excluding carboxylic acids is 2. The van der Waals surface area contributed by atoms with Crippen molar-refractivity contribution >= 4 is 17.5 Å². The fraction of sp³-hybridized carbons (Fsp3) is 0.821. The van der Waals surface area contributed by atoms with E-state index in [0.29, 0.717) is 18.0 Å². The Kier molecular flexibility index (Phi) is 10.3. The number of allylic oxidation sites excluding steroid dienone is 2. The van der Waals surface area contributed by atoms with E-state index >= 15 is 0 Å². The molecule has 0 aromatic heterocycles. The van der Waals surface area contributed by atoms with Crippen molar-refractivity contribution in [2.24, 2.45) is 29.1 Å². The van der Waals surface area contributed by atoms with Gasteiger partial charge in [0, 0.05) is 30.8 Å². The maximum Gasteiger partial charge on any atom is 0.309 e. The van der Waals surface area contributed by atoms with Crippen molar-refractivity contribution in [1.82, 2.24) is 0 Å². The fourth-order valence-electron chi connectivity index (χ4n) is 5.27. The van der Waals surface area contributed by atoms with Gasteiger partial charge in [-0.3, -0.25) is 14.4 Å². The lowest BCUT2D eigenvalue weighted by atomic mass is 9.86. The molecule has 1 N–H and O–H groups in total. The van der Waals surface area contributed by atoms with Crippen molar-refractivity contribution in [3.05, 3.63) is 12.2 Å². The van der Waals surface area contributed by atoms with Gasteiger partial charge in [-0.25, -0.2) is 0 Å². The number of hydrogen-bond donors (Lipinski definition) is 1. The van der Waals surface area contributed by atoms with Gasteiger partial charge in [-0.2, -0.15) is 0 Å². The zero-order valence-corrected chi connectivity index (χ0v) is 21.5. The van der Waals surface area contributed by atoms with E-state index in [-0.39, 0.29) is 29.3 Å². The summed E-state index contributed by atoms with van der Waals surface area (Å²) in [7, 11) is 1.75. The molecule has 0 saturated heterocycles. The van der Waals surface area contributed by atoms with Gasteiger partial charge in [-0.15, -0.1) is 0 Å². The Morgan fingerprint density at radius 3 is 1.73 bits per heavy atom. The first-order valence-electron chi connectivity index (χ1n) is 13.0. The second-order valence-electron chi connectivity index (χ2n) is 11.6. The number of rotatable bonds is 14. The number of methoxy groups -OCH3 is 1. The first kappa shape index (κ1) is 27.8. The molecule has 0 heterocycles. The van der Waals surface area contributed by atoms with Crippen LogP contribution in [0.1, 0.15) is 105 Å². The number of Topliss-reactive ketones (excluding diaryl/α,β-unsaturated/α-hetero) is 2. The van der Waals surface area contributed by atoms with E-state index < -0.39 is 11.4 Å². The second-order valence-corrected chi connectivity index (χ2v) is 11.6. The van der Waals surface area contributed by atoms with E-state index in [4.69, 9.17) is 4.74 Å². The third kappa shape index (κ3) is 8.35. The maximum atomic E-state index is 12.8. The minimum Gasteiger partial charge on any atom is -0.481 e. The highest BCUT2D eigenvalue weighted by atomic mass is 16.5. The Hall–Kier alpha value is -1.49. The van der Waals surface area contributed by atoms with Crippen LogP contribution in [-0.4, -0.2) is 35.4 Å². The Labute approximate surface area is 200 Å². The standard InChI is InChI=1S/C28H46O5/c1-27(2,26(31)32)18-8-6-10-20-12-14-22(24(20)29)16-17-23-15-13-21(25(23)30)11-7-9-19-28(3,4)33-5/h16-17,20-23H,6-15,18-19H2,1-5H3,(H,31,32)/b17-16-. The third-order valence-electron chi connectivity index (χ3n) is 8.08. The molecule has 0 spiro atoms. The zero-order chi connectivity index (χ0) is 24.6. The second kappa shape index (κ2) is 12.3. The molecule has 4 unspecified atom stereocenters. The van der Waals surface area contributed by atoms with Gasteiger partial charge in [-0.05, 0) is 79.1 Å². The van der Waals surface area contributed by atoms with E-state index in [1.54, 1.807) is 21.0 Å². The molecule has 2 saturated carbocycles. The highest BCUT2D eigenvalue weighted by molar-refractivity contribution is 5.88. The van der Waals surface area contributed by atoms with Crippen LogP contribution in [0.4, 0.5) is 0 Å². The topological polar surface area (TPSA) is 80.7 Å². The predicted molar refractivity (Wildman–Crippen MR) is 131 cm³/mol. The van der Waals surface area contributed by atoms with Gasteiger partial charge < -0.3 is 9.84 Å². The van der Waals surface area contributed by atoms with Crippen LogP contribution in [0.25, 0.3) is 0 Å².